The molecule has 2 heterocycles. The Balaban J connectivity index is 2.69. The van der Waals surface area contributed by atoms with Crippen molar-refractivity contribution in [2.24, 2.45) is 0 Å². The maximum atomic E-state index is 5.84. The fraction of sp³-hybridized carbons (Fsp3) is 0.500. The van der Waals surface area contributed by atoms with Crippen molar-refractivity contribution in [3.8, 4) is 0 Å². The molecule has 2 rings (SSSR count). The van der Waals surface area contributed by atoms with Gasteiger partial charge in [0.05, 0.1) is 6.33 Å². The smallest absolute Gasteiger partial charge is 0.226 e. The van der Waals surface area contributed by atoms with E-state index in [1.165, 1.54) is 0 Å². The van der Waals surface area contributed by atoms with Crippen molar-refractivity contribution in [1.29, 1.82) is 0 Å². The molecule has 2 aromatic heterocycles. The van der Waals surface area contributed by atoms with Gasteiger partial charge in [-0.15, -0.1) is 0 Å². The Hall–Kier alpha value is -1.36. The summed E-state index contributed by atoms with van der Waals surface area (Å²) in [6.45, 7) is 6.97. The first-order valence-electron chi connectivity index (χ1n) is 5.27. The van der Waals surface area contributed by atoms with Gasteiger partial charge in [0.1, 0.15) is 5.52 Å². The number of fused-ring (bicyclic) bond motifs is 1. The molecule has 2 aromatic rings. The minimum Gasteiger partial charge on any atom is -0.368 e. The highest BCUT2D eigenvalue weighted by Gasteiger charge is 2.13. The van der Waals surface area contributed by atoms with E-state index >= 15 is 0 Å². The minimum absolute atomic E-state index is 0.220. The number of hydrogen-bond donors (Lipinski definition) is 1. The second kappa shape index (κ2) is 4.25. The zero-order valence-corrected chi connectivity index (χ0v) is 10.3. The zero-order chi connectivity index (χ0) is 11.7. The van der Waals surface area contributed by atoms with Crippen LogP contribution in [0.15, 0.2) is 6.33 Å². The lowest BCUT2D eigenvalue weighted by Gasteiger charge is -2.11. The predicted molar refractivity (Wildman–Crippen MR) is 64.9 cm³/mol. The molecule has 16 heavy (non-hydrogen) atoms. The fourth-order valence-electron chi connectivity index (χ4n) is 1.60. The highest BCUT2D eigenvalue weighted by atomic mass is 35.5. The monoisotopic (exact) mass is 239 g/mol. The molecular weight excluding hydrogens is 226 g/mol. The Morgan fingerprint density at radius 1 is 1.44 bits per heavy atom. The maximum Gasteiger partial charge on any atom is 0.226 e. The van der Waals surface area contributed by atoms with E-state index in [2.05, 4.69) is 34.1 Å². The molecule has 0 aliphatic heterocycles. The molecular formula is C10H14ClN5. The second-order valence-corrected chi connectivity index (χ2v) is 4.13. The van der Waals surface area contributed by atoms with Gasteiger partial charge in [-0.2, -0.15) is 9.97 Å². The van der Waals surface area contributed by atoms with Gasteiger partial charge in [0, 0.05) is 12.6 Å². The third-order valence-corrected chi connectivity index (χ3v) is 2.47. The molecule has 0 aliphatic carbocycles. The largest absolute Gasteiger partial charge is 0.368 e. The number of aromatic nitrogens is 4. The van der Waals surface area contributed by atoms with Crippen molar-refractivity contribution in [3.63, 3.8) is 0 Å². The molecule has 0 aliphatic rings. The van der Waals surface area contributed by atoms with Gasteiger partial charge >= 0.3 is 0 Å². The minimum atomic E-state index is 0.220. The van der Waals surface area contributed by atoms with Crippen LogP contribution in [0.4, 0.5) is 5.82 Å². The van der Waals surface area contributed by atoms with E-state index in [4.69, 9.17) is 11.6 Å². The van der Waals surface area contributed by atoms with Crippen molar-refractivity contribution in [2.45, 2.75) is 26.8 Å². The number of rotatable bonds is 3. The highest BCUT2D eigenvalue weighted by Crippen LogP contribution is 2.23. The lowest BCUT2D eigenvalue weighted by atomic mass is 10.3. The summed E-state index contributed by atoms with van der Waals surface area (Å²) >= 11 is 5.84. The van der Waals surface area contributed by atoms with E-state index in [9.17, 15) is 0 Å². The van der Waals surface area contributed by atoms with Gasteiger partial charge in [-0.1, -0.05) is 0 Å². The summed E-state index contributed by atoms with van der Waals surface area (Å²) in [7, 11) is 0. The van der Waals surface area contributed by atoms with E-state index in [-0.39, 0.29) is 5.28 Å². The Labute approximate surface area is 98.9 Å². The highest BCUT2D eigenvalue weighted by molar-refractivity contribution is 6.28. The van der Waals surface area contributed by atoms with Crippen LogP contribution in [-0.4, -0.2) is 26.1 Å². The van der Waals surface area contributed by atoms with Gasteiger partial charge in [0.25, 0.3) is 0 Å². The van der Waals surface area contributed by atoms with Crippen LogP contribution in [0, 0.1) is 0 Å². The molecule has 1 N–H and O–H groups in total. The first-order chi connectivity index (χ1) is 7.63. The fourth-order valence-corrected chi connectivity index (χ4v) is 1.77. The van der Waals surface area contributed by atoms with Crippen LogP contribution in [0.25, 0.3) is 11.2 Å². The summed E-state index contributed by atoms with van der Waals surface area (Å²) in [5, 5.41) is 3.40. The summed E-state index contributed by atoms with van der Waals surface area (Å²) in [6, 6.07) is 0.312. The molecule has 0 atom stereocenters. The first kappa shape index (κ1) is 11.1. The summed E-state index contributed by atoms with van der Waals surface area (Å²) in [5.41, 5.74) is 1.53. The average molecular weight is 240 g/mol. The van der Waals surface area contributed by atoms with Gasteiger partial charge < -0.3 is 9.88 Å². The normalized spacial score (nSPS) is 11.3. The number of halogens is 1. The molecule has 0 saturated carbocycles. The van der Waals surface area contributed by atoms with E-state index in [1.807, 2.05) is 11.5 Å². The zero-order valence-electron chi connectivity index (χ0n) is 9.53. The van der Waals surface area contributed by atoms with Gasteiger partial charge in [0.15, 0.2) is 11.5 Å². The topological polar surface area (TPSA) is 55.6 Å². The van der Waals surface area contributed by atoms with Gasteiger partial charge in [-0.3, -0.25) is 0 Å². The molecule has 0 spiro atoms. The molecule has 86 valence electrons. The Morgan fingerprint density at radius 2 is 2.19 bits per heavy atom. The molecule has 0 unspecified atom stereocenters. The SMILES string of the molecule is CCNc1nc(Cl)nc2ncn(C(C)C)c12. The van der Waals surface area contributed by atoms with Crippen LogP contribution in [0.5, 0.6) is 0 Å². The van der Waals surface area contributed by atoms with Crippen LogP contribution in [-0.2, 0) is 0 Å². The molecule has 0 bridgehead atoms. The van der Waals surface area contributed by atoms with Crippen molar-refractivity contribution >= 4 is 28.6 Å². The third kappa shape index (κ3) is 1.82. The second-order valence-electron chi connectivity index (χ2n) is 3.79. The van der Waals surface area contributed by atoms with Crippen LogP contribution < -0.4 is 5.32 Å². The van der Waals surface area contributed by atoms with Gasteiger partial charge in [-0.05, 0) is 32.4 Å². The van der Waals surface area contributed by atoms with Crippen LogP contribution >= 0.6 is 11.6 Å². The number of nitrogens with one attached hydrogen (secondary N) is 1. The number of anilines is 1. The molecule has 6 heteroatoms. The van der Waals surface area contributed by atoms with Crippen molar-refractivity contribution in [3.05, 3.63) is 11.6 Å². The van der Waals surface area contributed by atoms with Crippen molar-refractivity contribution in [1.82, 2.24) is 19.5 Å². The van der Waals surface area contributed by atoms with Crippen molar-refractivity contribution in [2.75, 3.05) is 11.9 Å². The van der Waals surface area contributed by atoms with E-state index in [0.29, 0.717) is 11.7 Å². The Kier molecular flexibility index (Phi) is 2.96. The summed E-state index contributed by atoms with van der Waals surface area (Å²) in [5.74, 6) is 0.740. The van der Waals surface area contributed by atoms with Gasteiger partial charge in [-0.25, -0.2) is 4.98 Å². The van der Waals surface area contributed by atoms with E-state index in [1.54, 1.807) is 6.33 Å². The summed E-state index contributed by atoms with van der Waals surface area (Å²) in [4.78, 5) is 12.5. The van der Waals surface area contributed by atoms with Gasteiger partial charge in [0.2, 0.25) is 5.28 Å². The standard InChI is InChI=1S/C10H14ClN5/c1-4-12-8-7-9(15-10(11)14-8)13-5-16(7)6(2)3/h5-6H,4H2,1-3H3,(H,12,14,15). The summed E-state index contributed by atoms with van der Waals surface area (Å²) in [6.07, 6.45) is 1.77. The molecule has 0 amide bonds. The number of hydrogen-bond acceptors (Lipinski definition) is 4. The lowest BCUT2D eigenvalue weighted by molar-refractivity contribution is 0.617. The van der Waals surface area contributed by atoms with Crippen LogP contribution in [0.2, 0.25) is 5.28 Å². The van der Waals surface area contributed by atoms with Crippen LogP contribution in [0.1, 0.15) is 26.8 Å². The Morgan fingerprint density at radius 3 is 2.81 bits per heavy atom. The van der Waals surface area contributed by atoms with Crippen molar-refractivity contribution < 1.29 is 0 Å². The quantitative estimate of drug-likeness (QED) is 0.837. The maximum absolute atomic E-state index is 5.84. The Bertz CT molecular complexity index is 505. The summed E-state index contributed by atoms with van der Waals surface area (Å²) < 4.78 is 2.03. The first-order valence-corrected chi connectivity index (χ1v) is 5.65. The predicted octanol–water partition coefficient (Wildman–Crippen LogP) is 2.49. The molecule has 0 aromatic carbocycles. The molecule has 5 nitrogen and oxygen atoms in total. The molecule has 0 fully saturated rings. The average Bonchev–Trinajstić information content (AvgIpc) is 2.61. The molecule has 0 saturated heterocycles. The van der Waals surface area contributed by atoms with E-state index < -0.39 is 0 Å². The third-order valence-electron chi connectivity index (χ3n) is 2.30. The van der Waals surface area contributed by atoms with E-state index in [0.717, 1.165) is 17.9 Å². The van der Waals surface area contributed by atoms with Crippen LogP contribution in [0.3, 0.4) is 0 Å². The number of imidazole rings is 1. The lowest BCUT2D eigenvalue weighted by Crippen LogP contribution is -2.06. The molecule has 0 radical (unpaired) electrons. The number of nitrogens with zero attached hydrogens (tertiary/aromatic N) is 4.